The van der Waals surface area contributed by atoms with Gasteiger partial charge in [-0.2, -0.15) is 0 Å². The first-order chi connectivity index (χ1) is 13.2. The van der Waals surface area contributed by atoms with Crippen LogP contribution in [0.25, 0.3) is 0 Å². The van der Waals surface area contributed by atoms with Crippen molar-refractivity contribution in [1.82, 2.24) is 0 Å². The second-order valence-corrected chi connectivity index (χ2v) is 9.18. The minimum Gasteiger partial charge on any atom is -0.207 e. The predicted molar refractivity (Wildman–Crippen MR) is 114 cm³/mol. The molecule has 0 N–H and O–H groups in total. The molecule has 0 saturated heterocycles. The molecule has 0 aliphatic heterocycles. The molecule has 0 nitrogen and oxygen atoms in total. The summed E-state index contributed by atoms with van der Waals surface area (Å²) in [5.41, 5.74) is 1.33. The van der Waals surface area contributed by atoms with E-state index in [2.05, 4.69) is 19.1 Å². The third-order valence-electron chi connectivity index (χ3n) is 7.13. The third-order valence-corrected chi connectivity index (χ3v) is 7.13. The summed E-state index contributed by atoms with van der Waals surface area (Å²) in [6.07, 6.45) is 23.1. The Balaban J connectivity index is 1.33. The Hall–Kier alpha value is -1.11. The quantitative estimate of drug-likeness (QED) is 0.318. The largest absolute Gasteiger partial charge is 0.207 e. The number of unbranched alkanes of at least 4 members (excludes halogenated alkanes) is 3. The molecule has 2 saturated carbocycles. The van der Waals surface area contributed by atoms with Crippen LogP contribution < -0.4 is 0 Å². The van der Waals surface area contributed by atoms with Gasteiger partial charge in [-0.1, -0.05) is 63.3 Å². The molecule has 0 atom stereocenters. The van der Waals surface area contributed by atoms with E-state index in [0.717, 1.165) is 17.8 Å². The van der Waals surface area contributed by atoms with Gasteiger partial charge in [-0.3, -0.25) is 0 Å². The van der Waals surface area contributed by atoms with Crippen molar-refractivity contribution < 1.29 is 4.39 Å². The lowest BCUT2D eigenvalue weighted by Gasteiger charge is -2.29. The molecule has 0 bridgehead atoms. The van der Waals surface area contributed by atoms with Crippen molar-refractivity contribution in [2.24, 2.45) is 17.8 Å². The molecular formula is C26H39F. The van der Waals surface area contributed by atoms with Crippen molar-refractivity contribution in [1.29, 1.82) is 0 Å². The van der Waals surface area contributed by atoms with Crippen molar-refractivity contribution in [2.75, 3.05) is 0 Å². The summed E-state index contributed by atoms with van der Waals surface area (Å²) in [5, 5.41) is 0. The van der Waals surface area contributed by atoms with Crippen LogP contribution in [-0.4, -0.2) is 0 Å². The Morgan fingerprint density at radius 1 is 0.778 bits per heavy atom. The Morgan fingerprint density at radius 2 is 1.37 bits per heavy atom. The number of allylic oxidation sites excluding steroid dienone is 2. The predicted octanol–water partition coefficient (Wildman–Crippen LogP) is 8.43. The maximum absolute atomic E-state index is 13.1. The van der Waals surface area contributed by atoms with Crippen LogP contribution in [-0.2, 0) is 0 Å². The molecule has 1 heteroatoms. The first kappa shape index (κ1) is 20.6. The van der Waals surface area contributed by atoms with Crippen LogP contribution in [0.1, 0.15) is 102 Å². The van der Waals surface area contributed by atoms with E-state index in [-0.39, 0.29) is 5.82 Å². The van der Waals surface area contributed by atoms with Gasteiger partial charge in [0, 0.05) is 0 Å². The summed E-state index contributed by atoms with van der Waals surface area (Å²) in [5.74, 6) is 3.14. The lowest BCUT2D eigenvalue weighted by Crippen LogP contribution is -2.14. The number of halogens is 1. The number of hydrogen-bond donors (Lipinski definition) is 0. The van der Waals surface area contributed by atoms with Crippen LogP contribution in [0.5, 0.6) is 0 Å². The molecule has 2 fully saturated rings. The fraction of sp³-hybridized carbons (Fsp3) is 0.692. The van der Waals surface area contributed by atoms with Crippen LogP contribution >= 0.6 is 0 Å². The second-order valence-electron chi connectivity index (χ2n) is 9.18. The molecular weight excluding hydrogens is 331 g/mol. The van der Waals surface area contributed by atoms with Gasteiger partial charge in [-0.25, -0.2) is 4.39 Å². The first-order valence-corrected chi connectivity index (χ1v) is 11.7. The molecule has 3 rings (SSSR count). The van der Waals surface area contributed by atoms with E-state index in [1.165, 1.54) is 89.0 Å². The van der Waals surface area contributed by atoms with Crippen molar-refractivity contribution in [2.45, 2.75) is 96.3 Å². The van der Waals surface area contributed by atoms with Gasteiger partial charge in [0.1, 0.15) is 5.82 Å². The van der Waals surface area contributed by atoms with Crippen LogP contribution in [0.4, 0.5) is 4.39 Å². The summed E-state index contributed by atoms with van der Waals surface area (Å²) in [7, 11) is 0. The average Bonchev–Trinajstić information content (AvgIpc) is 2.72. The van der Waals surface area contributed by atoms with Crippen LogP contribution in [0.15, 0.2) is 36.4 Å². The molecule has 2 aliphatic rings. The van der Waals surface area contributed by atoms with Crippen molar-refractivity contribution in [3.63, 3.8) is 0 Å². The average molecular weight is 371 g/mol. The van der Waals surface area contributed by atoms with Crippen molar-refractivity contribution in [3.8, 4) is 0 Å². The lowest BCUT2D eigenvalue weighted by atomic mass is 9.77. The monoisotopic (exact) mass is 370 g/mol. The molecule has 150 valence electrons. The van der Waals surface area contributed by atoms with E-state index in [1.54, 1.807) is 12.1 Å². The molecule has 1 aromatic rings. The zero-order valence-electron chi connectivity index (χ0n) is 17.3. The van der Waals surface area contributed by atoms with Gasteiger partial charge >= 0.3 is 0 Å². The highest BCUT2D eigenvalue weighted by atomic mass is 19.1. The highest BCUT2D eigenvalue weighted by Crippen LogP contribution is 2.37. The van der Waals surface area contributed by atoms with Gasteiger partial charge in [0.2, 0.25) is 0 Å². The maximum atomic E-state index is 13.1. The van der Waals surface area contributed by atoms with Gasteiger partial charge in [-0.05, 0) is 92.7 Å². The molecule has 0 amide bonds. The van der Waals surface area contributed by atoms with E-state index < -0.39 is 0 Å². The molecule has 0 aromatic heterocycles. The van der Waals surface area contributed by atoms with Crippen molar-refractivity contribution >= 4 is 0 Å². The smallest absolute Gasteiger partial charge is 0.123 e. The molecule has 0 unspecified atom stereocenters. The van der Waals surface area contributed by atoms with Crippen LogP contribution in [0.3, 0.4) is 0 Å². The zero-order chi connectivity index (χ0) is 18.9. The first-order valence-electron chi connectivity index (χ1n) is 11.7. The van der Waals surface area contributed by atoms with Gasteiger partial charge < -0.3 is 0 Å². The SMILES string of the molecule is CCCCCC[C@H]1CC[C@H](/C=C/[C@H]2CC[C@H](c3ccc(F)cc3)CC2)CC1. The second kappa shape index (κ2) is 11.0. The van der Waals surface area contributed by atoms with E-state index in [1.807, 2.05) is 12.1 Å². The lowest BCUT2D eigenvalue weighted by molar-refractivity contribution is 0.287. The summed E-state index contributed by atoms with van der Waals surface area (Å²) in [4.78, 5) is 0. The van der Waals surface area contributed by atoms with Crippen LogP contribution in [0.2, 0.25) is 0 Å². The third kappa shape index (κ3) is 6.77. The summed E-state index contributed by atoms with van der Waals surface area (Å²) in [6.45, 7) is 2.30. The van der Waals surface area contributed by atoms with E-state index in [0.29, 0.717) is 5.92 Å². The van der Waals surface area contributed by atoms with Gasteiger partial charge in [0.05, 0.1) is 0 Å². The molecule has 2 aliphatic carbocycles. The van der Waals surface area contributed by atoms with E-state index >= 15 is 0 Å². The fourth-order valence-corrected chi connectivity index (χ4v) is 5.22. The molecule has 27 heavy (non-hydrogen) atoms. The standard InChI is InChI=1S/C26H39F/c1-2-3-4-5-6-21-7-9-22(10-8-21)11-12-23-13-15-24(16-14-23)25-17-19-26(27)20-18-25/h11-12,17-24H,2-10,13-16H2,1H3/b12-11+/t21-,22-,23-,24-. The summed E-state index contributed by atoms with van der Waals surface area (Å²) in [6, 6.07) is 7.19. The summed E-state index contributed by atoms with van der Waals surface area (Å²) >= 11 is 0. The van der Waals surface area contributed by atoms with Crippen LogP contribution in [0, 0.1) is 23.6 Å². The molecule has 0 heterocycles. The summed E-state index contributed by atoms with van der Waals surface area (Å²) < 4.78 is 13.1. The van der Waals surface area contributed by atoms with E-state index in [9.17, 15) is 4.39 Å². The number of rotatable bonds is 8. The maximum Gasteiger partial charge on any atom is 0.123 e. The number of hydrogen-bond acceptors (Lipinski definition) is 0. The Labute approximate surface area is 166 Å². The normalized spacial score (nSPS) is 29.3. The highest BCUT2D eigenvalue weighted by molar-refractivity contribution is 5.21. The topological polar surface area (TPSA) is 0 Å². The number of benzene rings is 1. The highest BCUT2D eigenvalue weighted by Gasteiger charge is 2.22. The fourth-order valence-electron chi connectivity index (χ4n) is 5.22. The minimum atomic E-state index is -0.119. The van der Waals surface area contributed by atoms with Crippen molar-refractivity contribution in [3.05, 3.63) is 47.8 Å². The van der Waals surface area contributed by atoms with E-state index in [4.69, 9.17) is 0 Å². The Morgan fingerprint density at radius 3 is 1.96 bits per heavy atom. The van der Waals surface area contributed by atoms with Gasteiger partial charge in [-0.15, -0.1) is 0 Å². The molecule has 0 radical (unpaired) electrons. The molecule has 0 spiro atoms. The molecule has 1 aromatic carbocycles. The Kier molecular flexibility index (Phi) is 8.42. The Bertz CT molecular complexity index is 542. The van der Waals surface area contributed by atoms with Gasteiger partial charge in [0.25, 0.3) is 0 Å². The minimum absolute atomic E-state index is 0.119. The van der Waals surface area contributed by atoms with Gasteiger partial charge in [0.15, 0.2) is 0 Å². The zero-order valence-corrected chi connectivity index (χ0v) is 17.3.